The predicted molar refractivity (Wildman–Crippen MR) is 99.5 cm³/mol. The average molecular weight is 319 g/mol. The number of imidazole rings is 1. The van der Waals surface area contributed by atoms with Gasteiger partial charge in [0.05, 0.1) is 17.6 Å². The molecule has 0 bridgehead atoms. The first-order chi connectivity index (χ1) is 11.5. The minimum atomic E-state index is -0.0116. The zero-order valence-electron chi connectivity index (χ0n) is 14.3. The average Bonchev–Trinajstić information content (AvgIpc) is 2.96. The van der Waals surface area contributed by atoms with Crippen molar-refractivity contribution in [3.05, 3.63) is 82.3 Å². The Hall–Kier alpha value is -2.88. The number of allylic oxidation sites excluding steroid dienone is 5. The highest BCUT2D eigenvalue weighted by Gasteiger charge is 2.15. The number of rotatable bonds is 4. The van der Waals surface area contributed by atoms with Crippen molar-refractivity contribution in [2.45, 2.75) is 27.3 Å². The van der Waals surface area contributed by atoms with Crippen LogP contribution < -0.4 is 5.56 Å². The number of para-hydroxylation sites is 2. The van der Waals surface area contributed by atoms with Gasteiger partial charge in [-0.2, -0.15) is 0 Å². The number of aromatic nitrogens is 3. The monoisotopic (exact) mass is 319 g/mol. The molecule has 24 heavy (non-hydrogen) atoms. The van der Waals surface area contributed by atoms with E-state index in [1.807, 2.05) is 69.3 Å². The minimum absolute atomic E-state index is 0.0116. The zero-order chi connectivity index (χ0) is 17.3. The van der Waals surface area contributed by atoms with Crippen LogP contribution >= 0.6 is 0 Å². The van der Waals surface area contributed by atoms with Gasteiger partial charge in [0.1, 0.15) is 0 Å². The summed E-state index contributed by atoms with van der Waals surface area (Å²) in [5.41, 5.74) is 4.25. The van der Waals surface area contributed by atoms with Crippen molar-refractivity contribution in [1.29, 1.82) is 0 Å². The van der Waals surface area contributed by atoms with Crippen molar-refractivity contribution in [3.8, 4) is 0 Å². The maximum atomic E-state index is 12.7. The Morgan fingerprint density at radius 2 is 2.00 bits per heavy atom. The largest absolute Gasteiger partial charge is 0.311 e. The molecule has 0 aliphatic heterocycles. The molecule has 0 spiro atoms. The number of benzene rings is 1. The standard InChI is InChI=1S/C20H21N3O/c1-5-6-7-10-14(2)13-22-16(4)15(3)19(24)23-18-12-9-8-11-17(18)21-20(22)23/h5-12H,2,13H2,1,3-4H3/b6-5-,10-7-. The Balaban J connectivity index is 2.24. The van der Waals surface area contributed by atoms with Gasteiger partial charge in [0, 0.05) is 11.3 Å². The highest BCUT2D eigenvalue weighted by Crippen LogP contribution is 2.18. The van der Waals surface area contributed by atoms with Crippen LogP contribution in [0.15, 0.2) is 65.5 Å². The third-order valence-electron chi connectivity index (χ3n) is 4.25. The van der Waals surface area contributed by atoms with Crippen LogP contribution in [0.2, 0.25) is 0 Å². The van der Waals surface area contributed by atoms with Crippen molar-refractivity contribution in [1.82, 2.24) is 14.0 Å². The molecule has 3 rings (SSSR count). The van der Waals surface area contributed by atoms with Crippen LogP contribution in [0.25, 0.3) is 16.8 Å². The maximum absolute atomic E-state index is 12.7. The molecule has 1 aromatic carbocycles. The summed E-state index contributed by atoms with van der Waals surface area (Å²) in [6.45, 7) is 10.5. The van der Waals surface area contributed by atoms with Crippen LogP contribution in [0.1, 0.15) is 18.2 Å². The first kappa shape index (κ1) is 16.0. The molecule has 3 aromatic rings. The molecule has 0 fully saturated rings. The Morgan fingerprint density at radius 1 is 1.25 bits per heavy atom. The highest BCUT2D eigenvalue weighted by molar-refractivity contribution is 5.79. The SMILES string of the molecule is C=C(/C=C\C=C/C)Cn1c(C)c(C)c(=O)n2c3ccccc3nc12. The summed E-state index contributed by atoms with van der Waals surface area (Å²) in [7, 11) is 0. The fourth-order valence-corrected chi connectivity index (χ4v) is 2.82. The van der Waals surface area contributed by atoms with E-state index in [9.17, 15) is 4.79 Å². The van der Waals surface area contributed by atoms with Gasteiger partial charge in [0.2, 0.25) is 5.78 Å². The topological polar surface area (TPSA) is 39.3 Å². The van der Waals surface area contributed by atoms with Crippen molar-refractivity contribution in [2.75, 3.05) is 0 Å². The molecule has 0 saturated heterocycles. The van der Waals surface area contributed by atoms with Gasteiger partial charge in [-0.05, 0) is 38.5 Å². The van der Waals surface area contributed by atoms with Gasteiger partial charge < -0.3 is 4.57 Å². The quantitative estimate of drug-likeness (QED) is 0.683. The van der Waals surface area contributed by atoms with Gasteiger partial charge in [-0.3, -0.25) is 4.79 Å². The molecule has 0 N–H and O–H groups in total. The molecule has 0 atom stereocenters. The molecular weight excluding hydrogens is 298 g/mol. The molecule has 0 saturated carbocycles. The summed E-state index contributed by atoms with van der Waals surface area (Å²) in [4.78, 5) is 17.4. The highest BCUT2D eigenvalue weighted by atomic mass is 16.1. The van der Waals surface area contributed by atoms with E-state index in [1.54, 1.807) is 4.40 Å². The molecule has 0 radical (unpaired) electrons. The van der Waals surface area contributed by atoms with E-state index in [2.05, 4.69) is 16.1 Å². The van der Waals surface area contributed by atoms with Crippen LogP contribution in [0.5, 0.6) is 0 Å². The lowest BCUT2D eigenvalue weighted by Gasteiger charge is -2.14. The third-order valence-corrected chi connectivity index (χ3v) is 4.25. The van der Waals surface area contributed by atoms with Crippen LogP contribution in [0.3, 0.4) is 0 Å². The Labute approximate surface area is 141 Å². The summed E-state index contributed by atoms with van der Waals surface area (Å²) in [6, 6.07) is 7.71. The van der Waals surface area contributed by atoms with Crippen molar-refractivity contribution in [2.24, 2.45) is 0 Å². The second kappa shape index (κ2) is 6.32. The molecule has 2 aromatic heterocycles. The van der Waals surface area contributed by atoms with Gasteiger partial charge in [-0.15, -0.1) is 0 Å². The second-order valence-corrected chi connectivity index (χ2v) is 5.88. The summed E-state index contributed by atoms with van der Waals surface area (Å²) in [5, 5.41) is 0. The minimum Gasteiger partial charge on any atom is -0.311 e. The summed E-state index contributed by atoms with van der Waals surface area (Å²) < 4.78 is 3.75. The summed E-state index contributed by atoms with van der Waals surface area (Å²) in [6.07, 6.45) is 7.88. The molecule has 4 heteroatoms. The van der Waals surface area contributed by atoms with E-state index in [0.717, 1.165) is 27.9 Å². The smallest absolute Gasteiger partial charge is 0.262 e. The fraction of sp³-hybridized carbons (Fsp3) is 0.200. The Morgan fingerprint density at radius 3 is 2.75 bits per heavy atom. The molecule has 4 nitrogen and oxygen atoms in total. The Kier molecular flexibility index (Phi) is 4.21. The normalized spacial score (nSPS) is 12.1. The van der Waals surface area contributed by atoms with Gasteiger partial charge in [-0.1, -0.05) is 43.0 Å². The number of hydrogen-bond acceptors (Lipinski definition) is 2. The Bertz CT molecular complexity index is 1050. The molecular formula is C20H21N3O. The third kappa shape index (κ3) is 2.60. The first-order valence-corrected chi connectivity index (χ1v) is 7.99. The maximum Gasteiger partial charge on any atom is 0.262 e. The van der Waals surface area contributed by atoms with Gasteiger partial charge in [0.25, 0.3) is 5.56 Å². The fourth-order valence-electron chi connectivity index (χ4n) is 2.82. The van der Waals surface area contributed by atoms with Crippen LogP contribution in [0.4, 0.5) is 0 Å². The van der Waals surface area contributed by atoms with E-state index in [0.29, 0.717) is 12.3 Å². The molecule has 0 aliphatic carbocycles. The van der Waals surface area contributed by atoms with E-state index in [-0.39, 0.29) is 5.56 Å². The van der Waals surface area contributed by atoms with E-state index >= 15 is 0 Å². The van der Waals surface area contributed by atoms with Gasteiger partial charge in [0.15, 0.2) is 0 Å². The molecule has 0 unspecified atom stereocenters. The van der Waals surface area contributed by atoms with Crippen molar-refractivity contribution in [3.63, 3.8) is 0 Å². The predicted octanol–water partition coefficient (Wildman–Crippen LogP) is 3.95. The lowest BCUT2D eigenvalue weighted by atomic mass is 10.2. The summed E-state index contributed by atoms with van der Waals surface area (Å²) >= 11 is 0. The zero-order valence-corrected chi connectivity index (χ0v) is 14.3. The number of nitrogens with zero attached hydrogens (tertiary/aromatic N) is 3. The number of fused-ring (bicyclic) bond motifs is 3. The molecule has 2 heterocycles. The summed E-state index contributed by atoms with van der Waals surface area (Å²) in [5.74, 6) is 0.657. The van der Waals surface area contributed by atoms with Crippen molar-refractivity contribution >= 4 is 16.8 Å². The van der Waals surface area contributed by atoms with Gasteiger partial charge >= 0.3 is 0 Å². The van der Waals surface area contributed by atoms with Gasteiger partial charge in [-0.25, -0.2) is 9.38 Å². The van der Waals surface area contributed by atoms with E-state index in [1.165, 1.54) is 0 Å². The first-order valence-electron chi connectivity index (χ1n) is 7.99. The van der Waals surface area contributed by atoms with Crippen molar-refractivity contribution < 1.29 is 0 Å². The number of hydrogen-bond donors (Lipinski definition) is 0. The lowest BCUT2D eigenvalue weighted by molar-refractivity contribution is 0.743. The molecule has 0 aliphatic rings. The van der Waals surface area contributed by atoms with Crippen LogP contribution in [-0.2, 0) is 6.54 Å². The molecule has 122 valence electrons. The second-order valence-electron chi connectivity index (χ2n) is 5.88. The molecule has 0 amide bonds. The van der Waals surface area contributed by atoms with E-state index in [4.69, 9.17) is 0 Å². The van der Waals surface area contributed by atoms with Crippen LogP contribution in [0, 0.1) is 13.8 Å². The van der Waals surface area contributed by atoms with Crippen LogP contribution in [-0.4, -0.2) is 14.0 Å². The van der Waals surface area contributed by atoms with E-state index < -0.39 is 0 Å². The lowest BCUT2D eigenvalue weighted by Crippen LogP contribution is -2.23.